The zero-order valence-electron chi connectivity index (χ0n) is 12.8. The van der Waals surface area contributed by atoms with Crippen LogP contribution in [0.1, 0.15) is 0 Å². The fourth-order valence-corrected chi connectivity index (χ4v) is 2.91. The second-order valence-electron chi connectivity index (χ2n) is 5.37. The number of hydrogen-bond donors (Lipinski definition) is 0. The van der Waals surface area contributed by atoms with Crippen LogP contribution in [0.2, 0.25) is 0 Å². The van der Waals surface area contributed by atoms with Crippen molar-refractivity contribution < 1.29 is 4.74 Å². The van der Waals surface area contributed by atoms with Crippen LogP contribution in [0.5, 0.6) is 5.75 Å². The van der Waals surface area contributed by atoms with Crippen LogP contribution < -0.4 is 4.74 Å². The standard InChI is InChI=1S/C20H16N2O/c1-23-19-9-4-8-18(20(19)22-13-5-12-21-22)17-11-10-15-6-2-3-7-16(15)14-17/h2-14H,1H3. The molecule has 0 N–H and O–H groups in total. The molecule has 0 saturated heterocycles. The van der Waals surface area contributed by atoms with Crippen LogP contribution in [0.3, 0.4) is 0 Å². The van der Waals surface area contributed by atoms with Gasteiger partial charge in [-0.3, -0.25) is 0 Å². The number of aromatic nitrogens is 2. The van der Waals surface area contributed by atoms with Crippen molar-refractivity contribution in [2.45, 2.75) is 0 Å². The summed E-state index contributed by atoms with van der Waals surface area (Å²) >= 11 is 0. The Balaban J connectivity index is 1.97. The lowest BCUT2D eigenvalue weighted by atomic mass is 9.99. The molecule has 0 atom stereocenters. The van der Waals surface area contributed by atoms with Crippen LogP contribution >= 0.6 is 0 Å². The van der Waals surface area contributed by atoms with Gasteiger partial charge in [0.15, 0.2) is 0 Å². The minimum Gasteiger partial charge on any atom is -0.494 e. The molecule has 3 nitrogen and oxygen atoms in total. The largest absolute Gasteiger partial charge is 0.494 e. The van der Waals surface area contributed by atoms with E-state index in [1.807, 2.05) is 29.1 Å². The maximum atomic E-state index is 5.56. The predicted octanol–water partition coefficient (Wildman–Crippen LogP) is 4.70. The average Bonchev–Trinajstić information content (AvgIpc) is 3.15. The quantitative estimate of drug-likeness (QED) is 0.548. The normalized spacial score (nSPS) is 10.8. The fourth-order valence-electron chi connectivity index (χ4n) is 2.91. The molecular formula is C20H16N2O. The Labute approximate surface area is 134 Å². The van der Waals surface area contributed by atoms with Gasteiger partial charge in [0.05, 0.1) is 7.11 Å². The monoisotopic (exact) mass is 300 g/mol. The molecule has 4 aromatic rings. The Hall–Kier alpha value is -3.07. The summed E-state index contributed by atoms with van der Waals surface area (Å²) in [5, 5.41) is 6.84. The molecule has 0 spiro atoms. The maximum Gasteiger partial charge on any atom is 0.145 e. The van der Waals surface area contributed by atoms with Crippen molar-refractivity contribution in [1.82, 2.24) is 9.78 Å². The number of fused-ring (bicyclic) bond motifs is 1. The van der Waals surface area contributed by atoms with Crippen molar-refractivity contribution in [3.05, 3.63) is 79.1 Å². The van der Waals surface area contributed by atoms with Crippen LogP contribution in [0.15, 0.2) is 79.1 Å². The van der Waals surface area contributed by atoms with Gasteiger partial charge in [0, 0.05) is 18.0 Å². The number of nitrogens with zero attached hydrogens (tertiary/aromatic N) is 2. The number of methoxy groups -OCH3 is 1. The van der Waals surface area contributed by atoms with E-state index in [4.69, 9.17) is 4.74 Å². The van der Waals surface area contributed by atoms with Crippen molar-refractivity contribution in [1.29, 1.82) is 0 Å². The SMILES string of the molecule is COc1cccc(-c2ccc3ccccc3c2)c1-n1cccn1. The fraction of sp³-hybridized carbons (Fsp3) is 0.0500. The van der Waals surface area contributed by atoms with Gasteiger partial charge in [0.25, 0.3) is 0 Å². The van der Waals surface area contributed by atoms with E-state index in [1.54, 1.807) is 13.3 Å². The Bertz CT molecular complexity index is 958. The van der Waals surface area contributed by atoms with Gasteiger partial charge >= 0.3 is 0 Å². The van der Waals surface area contributed by atoms with Gasteiger partial charge in [-0.05, 0) is 34.5 Å². The lowest BCUT2D eigenvalue weighted by molar-refractivity contribution is 0.412. The summed E-state index contributed by atoms with van der Waals surface area (Å²) in [5.74, 6) is 0.805. The van der Waals surface area contributed by atoms with Gasteiger partial charge in [0.1, 0.15) is 11.4 Å². The molecule has 0 radical (unpaired) electrons. The zero-order chi connectivity index (χ0) is 15.6. The van der Waals surface area contributed by atoms with Gasteiger partial charge < -0.3 is 4.74 Å². The maximum absolute atomic E-state index is 5.56. The molecular weight excluding hydrogens is 284 g/mol. The second-order valence-corrected chi connectivity index (χ2v) is 5.37. The van der Waals surface area contributed by atoms with E-state index in [0.717, 1.165) is 22.6 Å². The smallest absolute Gasteiger partial charge is 0.145 e. The molecule has 0 bridgehead atoms. The number of hydrogen-bond acceptors (Lipinski definition) is 2. The highest BCUT2D eigenvalue weighted by atomic mass is 16.5. The average molecular weight is 300 g/mol. The molecule has 3 aromatic carbocycles. The number of para-hydroxylation sites is 1. The van der Waals surface area contributed by atoms with Crippen molar-refractivity contribution in [2.75, 3.05) is 7.11 Å². The van der Waals surface area contributed by atoms with Crippen molar-refractivity contribution in [3.63, 3.8) is 0 Å². The van der Waals surface area contributed by atoms with E-state index in [2.05, 4.69) is 53.6 Å². The van der Waals surface area contributed by atoms with Crippen molar-refractivity contribution in [3.8, 4) is 22.6 Å². The minimum atomic E-state index is 0.805. The molecule has 0 fully saturated rings. The van der Waals surface area contributed by atoms with Gasteiger partial charge in [-0.2, -0.15) is 5.10 Å². The predicted molar refractivity (Wildman–Crippen MR) is 93.1 cm³/mol. The van der Waals surface area contributed by atoms with E-state index in [9.17, 15) is 0 Å². The van der Waals surface area contributed by atoms with Crippen LogP contribution in [-0.2, 0) is 0 Å². The molecule has 4 rings (SSSR count). The number of ether oxygens (including phenoxy) is 1. The molecule has 0 aliphatic carbocycles. The van der Waals surface area contributed by atoms with Crippen LogP contribution in [0, 0.1) is 0 Å². The Morgan fingerprint density at radius 3 is 2.52 bits per heavy atom. The van der Waals surface area contributed by atoms with Gasteiger partial charge in [0.2, 0.25) is 0 Å². The molecule has 1 heterocycles. The lowest BCUT2D eigenvalue weighted by Crippen LogP contribution is -2.01. The summed E-state index contributed by atoms with van der Waals surface area (Å²) in [7, 11) is 1.69. The highest BCUT2D eigenvalue weighted by Gasteiger charge is 2.13. The van der Waals surface area contributed by atoms with Crippen molar-refractivity contribution >= 4 is 10.8 Å². The van der Waals surface area contributed by atoms with Crippen LogP contribution in [-0.4, -0.2) is 16.9 Å². The molecule has 0 aliphatic rings. The van der Waals surface area contributed by atoms with E-state index in [0.29, 0.717) is 0 Å². The highest BCUT2D eigenvalue weighted by molar-refractivity contribution is 5.89. The molecule has 23 heavy (non-hydrogen) atoms. The summed E-state index contributed by atoms with van der Waals surface area (Å²) in [6, 6.07) is 22.9. The first-order valence-corrected chi connectivity index (χ1v) is 7.53. The minimum absolute atomic E-state index is 0.805. The second kappa shape index (κ2) is 5.61. The van der Waals surface area contributed by atoms with Crippen LogP contribution in [0.25, 0.3) is 27.6 Å². The molecule has 1 aromatic heterocycles. The van der Waals surface area contributed by atoms with E-state index in [-0.39, 0.29) is 0 Å². The summed E-state index contributed by atoms with van der Waals surface area (Å²) in [6.45, 7) is 0. The third-order valence-electron chi connectivity index (χ3n) is 4.01. The number of benzene rings is 3. The molecule has 0 aliphatic heterocycles. The summed E-state index contributed by atoms with van der Waals surface area (Å²) in [5.41, 5.74) is 3.20. The first kappa shape index (κ1) is 13.6. The molecule has 3 heteroatoms. The molecule has 0 amide bonds. The van der Waals surface area contributed by atoms with Gasteiger partial charge in [-0.25, -0.2) is 4.68 Å². The Morgan fingerprint density at radius 2 is 1.74 bits per heavy atom. The summed E-state index contributed by atoms with van der Waals surface area (Å²) in [4.78, 5) is 0. The highest BCUT2D eigenvalue weighted by Crippen LogP contribution is 2.34. The van der Waals surface area contributed by atoms with Crippen molar-refractivity contribution in [2.24, 2.45) is 0 Å². The first-order chi connectivity index (χ1) is 11.4. The third kappa shape index (κ3) is 2.36. The first-order valence-electron chi connectivity index (χ1n) is 7.53. The van der Waals surface area contributed by atoms with Crippen LogP contribution in [0.4, 0.5) is 0 Å². The van der Waals surface area contributed by atoms with E-state index >= 15 is 0 Å². The Morgan fingerprint density at radius 1 is 0.870 bits per heavy atom. The third-order valence-corrected chi connectivity index (χ3v) is 4.01. The summed E-state index contributed by atoms with van der Waals surface area (Å²) in [6.07, 6.45) is 3.71. The molecule has 0 unspecified atom stereocenters. The zero-order valence-corrected chi connectivity index (χ0v) is 12.8. The van der Waals surface area contributed by atoms with E-state index in [1.165, 1.54) is 10.8 Å². The van der Waals surface area contributed by atoms with E-state index < -0.39 is 0 Å². The molecule has 112 valence electrons. The summed E-state index contributed by atoms with van der Waals surface area (Å²) < 4.78 is 7.41. The topological polar surface area (TPSA) is 27.1 Å². The molecule has 0 saturated carbocycles. The number of rotatable bonds is 3. The lowest BCUT2D eigenvalue weighted by Gasteiger charge is -2.14. The Kier molecular flexibility index (Phi) is 3.31. The van der Waals surface area contributed by atoms with Gasteiger partial charge in [-0.15, -0.1) is 0 Å². The van der Waals surface area contributed by atoms with Gasteiger partial charge in [-0.1, -0.05) is 48.5 Å².